The average molecular weight is 286 g/mol. The number of halogens is 3. The molecule has 0 amide bonds. The first kappa shape index (κ1) is 14.8. The second-order valence-electron chi connectivity index (χ2n) is 4.62. The van der Waals surface area contributed by atoms with E-state index in [9.17, 15) is 13.2 Å². The number of nitrogens with one attached hydrogen (secondary N) is 1. The summed E-state index contributed by atoms with van der Waals surface area (Å²) in [5.74, 6) is 0. The minimum atomic E-state index is -4.10. The number of alkyl halides is 3. The van der Waals surface area contributed by atoms with Crippen LogP contribution in [-0.4, -0.2) is 27.3 Å². The number of nitrogens with zero attached hydrogens (tertiary/aromatic N) is 3. The lowest BCUT2D eigenvalue weighted by molar-refractivity contribution is -0.135. The van der Waals surface area contributed by atoms with Gasteiger partial charge in [0.15, 0.2) is 0 Å². The van der Waals surface area contributed by atoms with Crippen molar-refractivity contribution in [3.63, 3.8) is 0 Å². The highest BCUT2D eigenvalue weighted by molar-refractivity contribution is 5.53. The summed E-state index contributed by atoms with van der Waals surface area (Å²) in [5.41, 5.74) is 1.72. The van der Waals surface area contributed by atoms with Gasteiger partial charge in [0.05, 0.1) is 17.9 Å². The van der Waals surface area contributed by atoms with Gasteiger partial charge >= 0.3 is 6.18 Å². The maximum absolute atomic E-state index is 12.2. The van der Waals surface area contributed by atoms with Crippen LogP contribution in [0, 0.1) is 0 Å². The maximum Gasteiger partial charge on any atom is 0.389 e. The van der Waals surface area contributed by atoms with Gasteiger partial charge in [0, 0.05) is 30.4 Å². The maximum atomic E-state index is 12.2. The van der Waals surface area contributed by atoms with Gasteiger partial charge in [-0.3, -0.25) is 4.98 Å². The van der Waals surface area contributed by atoms with Gasteiger partial charge in [-0.1, -0.05) is 6.92 Å². The second kappa shape index (κ2) is 6.21. The predicted molar refractivity (Wildman–Crippen MR) is 69.3 cm³/mol. The van der Waals surface area contributed by atoms with Gasteiger partial charge in [0.2, 0.25) is 0 Å². The van der Waals surface area contributed by atoms with Crippen LogP contribution in [0.3, 0.4) is 0 Å². The molecule has 2 aromatic heterocycles. The number of hydrogen-bond acceptors (Lipinski definition) is 3. The Morgan fingerprint density at radius 3 is 2.85 bits per heavy atom. The molecule has 0 aromatic carbocycles. The third-order valence-corrected chi connectivity index (χ3v) is 3.13. The Kier molecular flexibility index (Phi) is 4.59. The summed E-state index contributed by atoms with van der Waals surface area (Å²) in [7, 11) is 0. The highest BCUT2D eigenvalue weighted by Crippen LogP contribution is 2.27. The number of aromatic nitrogens is 3. The Balaban J connectivity index is 2.12. The molecule has 7 heteroatoms. The van der Waals surface area contributed by atoms with Crippen LogP contribution < -0.4 is 5.32 Å². The van der Waals surface area contributed by atoms with Crippen LogP contribution in [0.1, 0.15) is 37.8 Å². The Hall–Kier alpha value is -1.63. The topological polar surface area (TPSA) is 42.2 Å². The van der Waals surface area contributed by atoms with Crippen molar-refractivity contribution >= 4 is 5.52 Å². The fourth-order valence-corrected chi connectivity index (χ4v) is 2.24. The molecule has 4 nitrogen and oxygen atoms in total. The molecular weight excluding hydrogens is 269 g/mol. The van der Waals surface area contributed by atoms with Gasteiger partial charge in [-0.25, -0.2) is 4.52 Å². The van der Waals surface area contributed by atoms with Crippen LogP contribution in [0.5, 0.6) is 0 Å². The van der Waals surface area contributed by atoms with E-state index in [4.69, 9.17) is 0 Å². The molecule has 0 aliphatic carbocycles. The largest absolute Gasteiger partial charge is 0.389 e. The molecule has 0 aliphatic heterocycles. The van der Waals surface area contributed by atoms with Crippen LogP contribution in [0.2, 0.25) is 0 Å². The highest BCUT2D eigenvalue weighted by Gasteiger charge is 2.27. The van der Waals surface area contributed by atoms with Crippen molar-refractivity contribution in [1.29, 1.82) is 0 Å². The fourth-order valence-electron chi connectivity index (χ4n) is 2.24. The van der Waals surface area contributed by atoms with E-state index in [0.717, 1.165) is 11.1 Å². The van der Waals surface area contributed by atoms with E-state index in [2.05, 4.69) is 15.4 Å². The van der Waals surface area contributed by atoms with Crippen LogP contribution in [-0.2, 0) is 0 Å². The standard InChI is InChI=1S/C13H17F3N4/c1-2-18-11(4-3-5-13(14,15)16)10-8-19-20-7-6-17-9-12(10)20/h6-9,11,18H,2-5H2,1H3. The number of fused-ring (bicyclic) bond motifs is 1. The number of hydrogen-bond donors (Lipinski definition) is 1. The van der Waals surface area contributed by atoms with Crippen LogP contribution >= 0.6 is 0 Å². The van der Waals surface area contributed by atoms with E-state index in [1.165, 1.54) is 0 Å². The summed E-state index contributed by atoms with van der Waals surface area (Å²) < 4.78 is 38.4. The van der Waals surface area contributed by atoms with Gasteiger partial charge in [0.1, 0.15) is 0 Å². The van der Waals surface area contributed by atoms with E-state index in [-0.39, 0.29) is 12.5 Å². The monoisotopic (exact) mass is 286 g/mol. The summed E-state index contributed by atoms with van der Waals surface area (Å²) in [5, 5.41) is 7.41. The molecule has 1 atom stereocenters. The molecule has 2 rings (SSSR count). The third kappa shape index (κ3) is 3.69. The zero-order valence-corrected chi connectivity index (χ0v) is 11.2. The predicted octanol–water partition coefficient (Wildman–Crippen LogP) is 3.11. The van der Waals surface area contributed by atoms with Gasteiger partial charge in [-0.2, -0.15) is 18.3 Å². The van der Waals surface area contributed by atoms with Gasteiger partial charge in [0.25, 0.3) is 0 Å². The lowest BCUT2D eigenvalue weighted by Gasteiger charge is -2.17. The van der Waals surface area contributed by atoms with Crippen LogP contribution in [0.4, 0.5) is 13.2 Å². The lowest BCUT2D eigenvalue weighted by Crippen LogP contribution is -2.21. The Labute approximate surface area is 115 Å². The van der Waals surface area contributed by atoms with Gasteiger partial charge in [-0.05, 0) is 19.4 Å². The van der Waals surface area contributed by atoms with E-state index in [1.54, 1.807) is 29.3 Å². The second-order valence-corrected chi connectivity index (χ2v) is 4.62. The first-order chi connectivity index (χ1) is 9.51. The zero-order chi connectivity index (χ0) is 14.6. The molecule has 0 saturated heterocycles. The minimum absolute atomic E-state index is 0.0960. The van der Waals surface area contributed by atoms with Crippen LogP contribution in [0.25, 0.3) is 5.52 Å². The molecule has 0 bridgehead atoms. The smallest absolute Gasteiger partial charge is 0.310 e. The summed E-state index contributed by atoms with van der Waals surface area (Å²) in [6.45, 7) is 2.62. The van der Waals surface area contributed by atoms with E-state index >= 15 is 0 Å². The first-order valence-electron chi connectivity index (χ1n) is 6.58. The van der Waals surface area contributed by atoms with E-state index < -0.39 is 12.6 Å². The van der Waals surface area contributed by atoms with Crippen molar-refractivity contribution in [1.82, 2.24) is 19.9 Å². The molecule has 0 spiro atoms. The lowest BCUT2D eigenvalue weighted by atomic mass is 10.0. The van der Waals surface area contributed by atoms with Crippen LogP contribution in [0.15, 0.2) is 24.8 Å². The first-order valence-corrected chi connectivity index (χ1v) is 6.58. The molecule has 2 aromatic rings. The quantitative estimate of drug-likeness (QED) is 0.887. The molecule has 0 radical (unpaired) electrons. The molecule has 1 N–H and O–H groups in total. The molecule has 2 heterocycles. The summed E-state index contributed by atoms with van der Waals surface area (Å²) in [6.07, 6.45) is 2.37. The molecule has 0 aliphatic rings. The Morgan fingerprint density at radius 1 is 1.35 bits per heavy atom. The molecule has 0 saturated carbocycles. The zero-order valence-electron chi connectivity index (χ0n) is 11.2. The minimum Gasteiger partial charge on any atom is -0.310 e. The summed E-state index contributed by atoms with van der Waals surface area (Å²) in [6, 6.07) is -0.135. The highest BCUT2D eigenvalue weighted by atomic mass is 19.4. The van der Waals surface area contributed by atoms with Crippen molar-refractivity contribution in [2.45, 2.75) is 38.4 Å². The third-order valence-electron chi connectivity index (χ3n) is 3.13. The summed E-state index contributed by atoms with van der Waals surface area (Å²) >= 11 is 0. The van der Waals surface area contributed by atoms with Crippen molar-refractivity contribution in [2.75, 3.05) is 6.54 Å². The molecular formula is C13H17F3N4. The molecule has 20 heavy (non-hydrogen) atoms. The number of rotatable bonds is 6. The molecule has 0 fully saturated rings. The van der Waals surface area contributed by atoms with Crippen molar-refractivity contribution < 1.29 is 13.2 Å². The van der Waals surface area contributed by atoms with Crippen molar-refractivity contribution in [3.05, 3.63) is 30.4 Å². The van der Waals surface area contributed by atoms with E-state index in [0.29, 0.717) is 13.0 Å². The fraction of sp³-hybridized carbons (Fsp3) is 0.538. The average Bonchev–Trinajstić information content (AvgIpc) is 2.80. The van der Waals surface area contributed by atoms with Crippen molar-refractivity contribution in [2.24, 2.45) is 0 Å². The van der Waals surface area contributed by atoms with Gasteiger partial charge in [-0.15, -0.1) is 0 Å². The SMILES string of the molecule is CCNC(CCCC(F)(F)F)c1cnn2ccncc12. The summed E-state index contributed by atoms with van der Waals surface area (Å²) in [4.78, 5) is 4.04. The Morgan fingerprint density at radius 2 is 2.15 bits per heavy atom. The van der Waals surface area contributed by atoms with Gasteiger partial charge < -0.3 is 5.32 Å². The normalized spacial score (nSPS) is 13.8. The molecule has 1 unspecified atom stereocenters. The van der Waals surface area contributed by atoms with E-state index in [1.807, 2.05) is 6.92 Å². The van der Waals surface area contributed by atoms with Crippen molar-refractivity contribution in [3.8, 4) is 0 Å². The Bertz CT molecular complexity index is 550. The molecule has 110 valence electrons.